The first-order valence-electron chi connectivity index (χ1n) is 10.8. The van der Waals surface area contributed by atoms with Crippen LogP contribution in [0.5, 0.6) is 0 Å². The van der Waals surface area contributed by atoms with E-state index < -0.39 is 12.1 Å². The first-order chi connectivity index (χ1) is 14.0. The first-order valence-corrected chi connectivity index (χ1v) is 10.8. The molecular weight excluding hydrogens is 450 g/mol. The summed E-state index contributed by atoms with van der Waals surface area (Å²) in [4.78, 5) is 22.8. The zero-order chi connectivity index (χ0) is 21.3. The summed E-state index contributed by atoms with van der Waals surface area (Å²) in [6.07, 6.45) is 16.1. The van der Waals surface area contributed by atoms with Crippen LogP contribution < -0.4 is 26.9 Å². The Morgan fingerprint density at radius 1 is 1.03 bits per heavy atom. The molecule has 0 fully saturated rings. The summed E-state index contributed by atoms with van der Waals surface area (Å²) in [6.45, 7) is 9.51. The molecule has 0 saturated heterocycles. The van der Waals surface area contributed by atoms with Gasteiger partial charge in [-0.3, -0.25) is 0 Å². The van der Waals surface area contributed by atoms with Crippen molar-refractivity contribution in [3.8, 4) is 0 Å². The maximum Gasteiger partial charge on any atom is 0.407 e. The molecule has 0 aliphatic heterocycles. The molecule has 0 aliphatic carbocycles. The number of alkyl carbamates (subject to hydrolysis) is 1. The summed E-state index contributed by atoms with van der Waals surface area (Å²) in [5.41, 5.74) is 0.332. The van der Waals surface area contributed by atoms with Crippen LogP contribution in [-0.2, 0) is 27.4 Å². The Balaban J connectivity index is 0.00000841. The van der Waals surface area contributed by atoms with Crippen LogP contribution in [0.2, 0.25) is 0 Å². The summed E-state index contributed by atoms with van der Waals surface area (Å²) in [5.74, 6) is -0.465. The number of halogens is 1. The van der Waals surface area contributed by atoms with Crippen molar-refractivity contribution in [3.63, 3.8) is 0 Å². The number of nitrogens with zero attached hydrogens (tertiary/aromatic N) is 2. The average Bonchev–Trinajstić information content (AvgIpc) is 3.14. The molecule has 0 radical (unpaired) electrons. The summed E-state index contributed by atoms with van der Waals surface area (Å²) >= 11 is 0. The van der Waals surface area contributed by atoms with E-state index in [4.69, 9.17) is 9.47 Å². The lowest BCUT2D eigenvalue weighted by Crippen LogP contribution is -3.00. The predicted octanol–water partition coefficient (Wildman–Crippen LogP) is 0.766. The lowest BCUT2D eigenvalue weighted by Gasteiger charge is -2.07. The van der Waals surface area contributed by atoms with Crippen LogP contribution in [0.15, 0.2) is 30.9 Å². The molecule has 0 saturated carbocycles. The Bertz CT molecular complexity index is 619. The van der Waals surface area contributed by atoms with Crippen LogP contribution >= 0.6 is 0 Å². The molecule has 0 bridgehead atoms. The highest BCUT2D eigenvalue weighted by Crippen LogP contribution is 2.08. The van der Waals surface area contributed by atoms with Gasteiger partial charge in [-0.1, -0.05) is 52.0 Å². The van der Waals surface area contributed by atoms with E-state index in [1.165, 1.54) is 51.4 Å². The average molecular weight is 488 g/mol. The second-order valence-corrected chi connectivity index (χ2v) is 7.34. The Morgan fingerprint density at radius 2 is 1.70 bits per heavy atom. The van der Waals surface area contributed by atoms with Gasteiger partial charge in [-0.25, -0.2) is 18.7 Å². The van der Waals surface area contributed by atoms with Gasteiger partial charge in [-0.05, 0) is 19.8 Å². The normalized spacial score (nSPS) is 10.2. The number of hydrogen-bond acceptors (Lipinski definition) is 4. The van der Waals surface area contributed by atoms with E-state index in [1.807, 2.05) is 17.1 Å². The smallest absolute Gasteiger partial charge is 0.407 e. The summed E-state index contributed by atoms with van der Waals surface area (Å²) < 4.78 is 14.2. The summed E-state index contributed by atoms with van der Waals surface area (Å²) in [6, 6.07) is 0. The standard InChI is InChI=1S/C22H37N3O4.BrH/c1-4-5-6-7-8-9-10-11-13-24-14-15-25(19-24)16-18-29-22(27)23-12-17-28-21(26)20(2)3;/h14-15,19H,2,4-13,16-18H2,1,3H3;1H. The molecule has 0 unspecified atom stereocenters. The monoisotopic (exact) mass is 487 g/mol. The maximum absolute atomic E-state index is 11.6. The lowest BCUT2D eigenvalue weighted by molar-refractivity contribution is -0.696. The number of amides is 1. The Kier molecular flexibility index (Phi) is 16.9. The number of aryl methyl sites for hydroxylation is 1. The molecule has 30 heavy (non-hydrogen) atoms. The van der Waals surface area contributed by atoms with Crippen molar-refractivity contribution < 1.29 is 40.6 Å². The van der Waals surface area contributed by atoms with Crippen LogP contribution in [0.1, 0.15) is 65.2 Å². The fourth-order valence-corrected chi connectivity index (χ4v) is 2.85. The van der Waals surface area contributed by atoms with Gasteiger partial charge in [-0.15, -0.1) is 0 Å². The third-order valence-corrected chi connectivity index (χ3v) is 4.55. The molecule has 0 aliphatic rings. The van der Waals surface area contributed by atoms with Gasteiger partial charge in [0.05, 0.1) is 13.1 Å². The molecule has 1 N–H and O–H groups in total. The SMILES string of the molecule is C=C(C)C(=O)OCCNC(=O)OCCn1cc[n+](CCCCCCCCCC)c1.[Br-]. The zero-order valence-corrected chi connectivity index (χ0v) is 20.1. The van der Waals surface area contributed by atoms with Crippen molar-refractivity contribution in [2.75, 3.05) is 19.8 Å². The zero-order valence-electron chi connectivity index (χ0n) is 18.5. The quantitative estimate of drug-likeness (QED) is 0.162. The molecule has 1 aromatic heterocycles. The van der Waals surface area contributed by atoms with E-state index >= 15 is 0 Å². The molecule has 1 heterocycles. The number of carbonyl (C=O) groups is 2. The highest BCUT2D eigenvalue weighted by atomic mass is 79.9. The van der Waals surface area contributed by atoms with Gasteiger partial charge in [0.15, 0.2) is 0 Å². The fourth-order valence-electron chi connectivity index (χ4n) is 2.85. The molecule has 8 heteroatoms. The van der Waals surface area contributed by atoms with Gasteiger partial charge in [-0.2, -0.15) is 0 Å². The molecule has 1 amide bonds. The van der Waals surface area contributed by atoms with Crippen molar-refractivity contribution in [2.24, 2.45) is 0 Å². The van der Waals surface area contributed by atoms with Crippen molar-refractivity contribution in [1.29, 1.82) is 0 Å². The van der Waals surface area contributed by atoms with E-state index in [9.17, 15) is 9.59 Å². The van der Waals surface area contributed by atoms with E-state index in [2.05, 4.69) is 29.6 Å². The third kappa shape index (κ3) is 14.2. The Labute approximate surface area is 191 Å². The molecule has 172 valence electrons. The number of carbonyl (C=O) groups excluding carboxylic acids is 2. The first kappa shape index (κ1) is 28.2. The van der Waals surface area contributed by atoms with E-state index in [1.54, 1.807) is 6.92 Å². The molecule has 0 spiro atoms. The van der Waals surface area contributed by atoms with Gasteiger partial charge in [0, 0.05) is 5.57 Å². The van der Waals surface area contributed by atoms with E-state index in [-0.39, 0.29) is 36.7 Å². The molecule has 0 atom stereocenters. The minimum Gasteiger partial charge on any atom is -1.00 e. The maximum atomic E-state index is 11.6. The largest absolute Gasteiger partial charge is 1.00 e. The minimum absolute atomic E-state index is 0. The van der Waals surface area contributed by atoms with Crippen molar-refractivity contribution in [2.45, 2.75) is 78.3 Å². The predicted molar refractivity (Wildman–Crippen MR) is 112 cm³/mol. The minimum atomic E-state index is -0.518. The molecule has 7 nitrogen and oxygen atoms in total. The van der Waals surface area contributed by atoms with Crippen LogP contribution in [0.3, 0.4) is 0 Å². The second kappa shape index (κ2) is 18.0. The van der Waals surface area contributed by atoms with Gasteiger partial charge >= 0.3 is 12.1 Å². The second-order valence-electron chi connectivity index (χ2n) is 7.34. The molecule has 0 aromatic carbocycles. The number of hydrogen-bond donors (Lipinski definition) is 1. The van der Waals surface area contributed by atoms with Crippen molar-refractivity contribution in [3.05, 3.63) is 30.9 Å². The van der Waals surface area contributed by atoms with Crippen molar-refractivity contribution in [1.82, 2.24) is 9.88 Å². The number of nitrogens with one attached hydrogen (secondary N) is 1. The molecule has 1 aromatic rings. The number of imidazole rings is 1. The number of unbranched alkanes of at least 4 members (excludes halogenated alkanes) is 7. The Morgan fingerprint density at radius 3 is 2.37 bits per heavy atom. The molecular formula is C22H38BrN3O4. The highest BCUT2D eigenvalue weighted by molar-refractivity contribution is 5.86. The highest BCUT2D eigenvalue weighted by Gasteiger charge is 2.07. The summed E-state index contributed by atoms with van der Waals surface area (Å²) in [7, 11) is 0. The van der Waals surface area contributed by atoms with Gasteiger partial charge < -0.3 is 31.8 Å². The Hall–Kier alpha value is -1.83. The van der Waals surface area contributed by atoms with Crippen molar-refractivity contribution >= 4 is 12.1 Å². The number of aromatic nitrogens is 2. The van der Waals surface area contributed by atoms with E-state index in [0.29, 0.717) is 12.1 Å². The van der Waals surface area contributed by atoms with Gasteiger partial charge in [0.1, 0.15) is 32.2 Å². The topological polar surface area (TPSA) is 73.4 Å². The van der Waals surface area contributed by atoms with Crippen LogP contribution in [-0.4, -0.2) is 36.4 Å². The van der Waals surface area contributed by atoms with Crippen LogP contribution in [0.4, 0.5) is 4.79 Å². The van der Waals surface area contributed by atoms with Gasteiger partial charge in [0.25, 0.3) is 0 Å². The summed E-state index contributed by atoms with van der Waals surface area (Å²) in [5, 5.41) is 2.54. The van der Waals surface area contributed by atoms with Gasteiger partial charge in [0.2, 0.25) is 6.33 Å². The van der Waals surface area contributed by atoms with Crippen LogP contribution in [0.25, 0.3) is 0 Å². The lowest BCUT2D eigenvalue weighted by atomic mass is 10.1. The number of ether oxygens (including phenoxy) is 2. The number of esters is 1. The van der Waals surface area contributed by atoms with Crippen LogP contribution in [0, 0.1) is 0 Å². The fraction of sp³-hybridized carbons (Fsp3) is 0.682. The van der Waals surface area contributed by atoms with E-state index in [0.717, 1.165) is 6.54 Å². The molecule has 1 rings (SSSR count). The number of rotatable bonds is 16. The third-order valence-electron chi connectivity index (χ3n) is 4.55.